The van der Waals surface area contributed by atoms with Crippen molar-refractivity contribution >= 4 is 5.91 Å². The van der Waals surface area contributed by atoms with E-state index < -0.39 is 0 Å². The minimum absolute atomic E-state index is 0.0201. The minimum atomic E-state index is -0.0201. The maximum atomic E-state index is 10.5. The fourth-order valence-corrected chi connectivity index (χ4v) is 1.06. The summed E-state index contributed by atoms with van der Waals surface area (Å²) in [5.41, 5.74) is 1.15. The van der Waals surface area contributed by atoms with Crippen molar-refractivity contribution in [3.63, 3.8) is 0 Å². The first kappa shape index (κ1) is 14.6. The molecule has 3 heteroatoms. The highest BCUT2D eigenvalue weighted by Gasteiger charge is 1.92. The van der Waals surface area contributed by atoms with Gasteiger partial charge in [0.05, 0.1) is 13.2 Å². The number of carbonyl (C=O) groups excluding carboxylic acids is 1. The summed E-state index contributed by atoms with van der Waals surface area (Å²) < 4.78 is 5.36. The molecular weight excluding hydrogens is 202 g/mol. The summed E-state index contributed by atoms with van der Waals surface area (Å²) in [7, 11) is 0. The molecule has 0 saturated carbocycles. The lowest BCUT2D eigenvalue weighted by Gasteiger charge is -2.04. The van der Waals surface area contributed by atoms with Crippen LogP contribution < -0.4 is 5.32 Å². The maximum Gasteiger partial charge on any atom is 0.216 e. The predicted octanol–water partition coefficient (Wildman–Crippen LogP) is 2.37. The summed E-state index contributed by atoms with van der Waals surface area (Å²) in [5, 5.41) is 2.67. The van der Waals surface area contributed by atoms with Crippen molar-refractivity contribution in [3.05, 3.63) is 35.9 Å². The van der Waals surface area contributed by atoms with Gasteiger partial charge in [-0.1, -0.05) is 44.2 Å². The molecule has 0 aliphatic carbocycles. The van der Waals surface area contributed by atoms with E-state index >= 15 is 0 Å². The Balaban J connectivity index is 0.00000106. The van der Waals surface area contributed by atoms with Gasteiger partial charge in [0.1, 0.15) is 0 Å². The summed E-state index contributed by atoms with van der Waals surface area (Å²) >= 11 is 0. The number of ether oxygens (including phenoxy) is 1. The van der Waals surface area contributed by atoms with E-state index in [1.807, 2.05) is 44.2 Å². The molecule has 0 atom stereocenters. The SMILES string of the molecule is CC.CC(=O)NCCOCc1ccccc1. The highest BCUT2D eigenvalue weighted by molar-refractivity contribution is 5.72. The van der Waals surface area contributed by atoms with Gasteiger partial charge in [-0.05, 0) is 5.56 Å². The summed E-state index contributed by atoms with van der Waals surface area (Å²) in [4.78, 5) is 10.5. The molecule has 0 radical (unpaired) electrons. The van der Waals surface area contributed by atoms with Gasteiger partial charge in [0.15, 0.2) is 0 Å². The van der Waals surface area contributed by atoms with Crippen molar-refractivity contribution in [1.29, 1.82) is 0 Å². The van der Waals surface area contributed by atoms with Gasteiger partial charge >= 0.3 is 0 Å². The molecule has 0 aromatic heterocycles. The molecule has 0 bridgehead atoms. The van der Waals surface area contributed by atoms with Crippen LogP contribution in [0.3, 0.4) is 0 Å². The first-order valence-electron chi connectivity index (χ1n) is 5.65. The topological polar surface area (TPSA) is 38.3 Å². The second-order valence-corrected chi connectivity index (χ2v) is 3.02. The molecule has 1 rings (SSSR count). The van der Waals surface area contributed by atoms with Gasteiger partial charge < -0.3 is 10.1 Å². The Labute approximate surface area is 97.8 Å². The highest BCUT2D eigenvalue weighted by Crippen LogP contribution is 1.99. The Morgan fingerprint density at radius 3 is 2.44 bits per heavy atom. The Morgan fingerprint density at radius 1 is 1.25 bits per heavy atom. The minimum Gasteiger partial charge on any atom is -0.375 e. The van der Waals surface area contributed by atoms with Crippen LogP contribution >= 0.6 is 0 Å². The molecule has 0 unspecified atom stereocenters. The zero-order valence-electron chi connectivity index (χ0n) is 10.3. The van der Waals surface area contributed by atoms with Gasteiger partial charge in [-0.15, -0.1) is 0 Å². The van der Waals surface area contributed by atoms with Gasteiger partial charge in [-0.3, -0.25) is 4.79 Å². The molecule has 0 spiro atoms. The Morgan fingerprint density at radius 2 is 1.88 bits per heavy atom. The van der Waals surface area contributed by atoms with E-state index in [0.717, 1.165) is 5.56 Å². The molecule has 0 heterocycles. The molecule has 16 heavy (non-hydrogen) atoms. The van der Waals surface area contributed by atoms with Crippen LogP contribution in [0.5, 0.6) is 0 Å². The normalized spacial score (nSPS) is 8.94. The van der Waals surface area contributed by atoms with Gasteiger partial charge in [-0.25, -0.2) is 0 Å². The summed E-state index contributed by atoms with van der Waals surface area (Å²) in [6.07, 6.45) is 0. The number of carbonyl (C=O) groups is 1. The number of amides is 1. The molecule has 0 saturated heterocycles. The molecule has 1 aromatic carbocycles. The van der Waals surface area contributed by atoms with Gasteiger partial charge in [0.2, 0.25) is 5.91 Å². The zero-order valence-corrected chi connectivity index (χ0v) is 10.3. The van der Waals surface area contributed by atoms with Crippen LogP contribution in [-0.2, 0) is 16.1 Å². The molecule has 1 N–H and O–H groups in total. The highest BCUT2D eigenvalue weighted by atomic mass is 16.5. The van der Waals surface area contributed by atoms with E-state index in [-0.39, 0.29) is 5.91 Å². The quantitative estimate of drug-likeness (QED) is 0.778. The third kappa shape index (κ3) is 8.00. The van der Waals surface area contributed by atoms with Crippen LogP contribution in [0.25, 0.3) is 0 Å². The average Bonchev–Trinajstić information content (AvgIpc) is 2.32. The van der Waals surface area contributed by atoms with E-state index in [2.05, 4.69) is 5.32 Å². The molecular formula is C13H21NO2. The lowest BCUT2D eigenvalue weighted by atomic mass is 10.2. The van der Waals surface area contributed by atoms with Crippen molar-refractivity contribution in [2.45, 2.75) is 27.4 Å². The summed E-state index contributed by atoms with van der Waals surface area (Å²) in [6.45, 7) is 7.22. The fraction of sp³-hybridized carbons (Fsp3) is 0.462. The van der Waals surface area contributed by atoms with Crippen molar-refractivity contribution in [3.8, 4) is 0 Å². The molecule has 0 fully saturated rings. The standard InChI is InChI=1S/C11H15NO2.C2H6/c1-10(13)12-7-8-14-9-11-5-3-2-4-6-11;1-2/h2-6H,7-9H2,1H3,(H,12,13);1-2H3. The first-order chi connectivity index (χ1) is 7.79. The van der Waals surface area contributed by atoms with Crippen molar-refractivity contribution in [2.75, 3.05) is 13.2 Å². The Hall–Kier alpha value is -1.35. The second-order valence-electron chi connectivity index (χ2n) is 3.02. The largest absolute Gasteiger partial charge is 0.375 e. The van der Waals surface area contributed by atoms with Crippen LogP contribution in [0.15, 0.2) is 30.3 Å². The van der Waals surface area contributed by atoms with Gasteiger partial charge in [-0.2, -0.15) is 0 Å². The number of hydrogen-bond acceptors (Lipinski definition) is 2. The van der Waals surface area contributed by atoms with E-state index in [9.17, 15) is 4.79 Å². The van der Waals surface area contributed by atoms with Crippen LogP contribution in [-0.4, -0.2) is 19.1 Å². The predicted molar refractivity (Wildman–Crippen MR) is 66.1 cm³/mol. The number of hydrogen-bond donors (Lipinski definition) is 1. The third-order valence-corrected chi connectivity index (χ3v) is 1.73. The molecule has 1 aromatic rings. The zero-order chi connectivity index (χ0) is 12.2. The van der Waals surface area contributed by atoms with Crippen LogP contribution in [0, 0.1) is 0 Å². The van der Waals surface area contributed by atoms with E-state index in [1.54, 1.807) is 0 Å². The molecule has 0 aliphatic heterocycles. The van der Waals surface area contributed by atoms with Crippen molar-refractivity contribution < 1.29 is 9.53 Å². The van der Waals surface area contributed by atoms with Crippen molar-refractivity contribution in [1.82, 2.24) is 5.32 Å². The van der Waals surface area contributed by atoms with Crippen molar-refractivity contribution in [2.24, 2.45) is 0 Å². The Bertz CT molecular complexity index is 273. The van der Waals surface area contributed by atoms with Crippen LogP contribution in [0.4, 0.5) is 0 Å². The smallest absolute Gasteiger partial charge is 0.216 e. The van der Waals surface area contributed by atoms with E-state index in [0.29, 0.717) is 19.8 Å². The van der Waals surface area contributed by atoms with Crippen LogP contribution in [0.2, 0.25) is 0 Å². The number of benzene rings is 1. The van der Waals surface area contributed by atoms with Crippen LogP contribution in [0.1, 0.15) is 26.3 Å². The molecule has 1 amide bonds. The summed E-state index contributed by atoms with van der Waals surface area (Å²) in [5.74, 6) is -0.0201. The van der Waals surface area contributed by atoms with Gasteiger partial charge in [0.25, 0.3) is 0 Å². The van der Waals surface area contributed by atoms with E-state index in [4.69, 9.17) is 4.74 Å². The molecule has 90 valence electrons. The van der Waals surface area contributed by atoms with E-state index in [1.165, 1.54) is 6.92 Å². The monoisotopic (exact) mass is 223 g/mol. The average molecular weight is 223 g/mol. The number of rotatable bonds is 5. The lowest BCUT2D eigenvalue weighted by Crippen LogP contribution is -2.24. The first-order valence-corrected chi connectivity index (χ1v) is 5.65. The molecule has 0 aliphatic rings. The molecule has 3 nitrogen and oxygen atoms in total. The van der Waals surface area contributed by atoms with Gasteiger partial charge in [0, 0.05) is 13.5 Å². The third-order valence-electron chi connectivity index (χ3n) is 1.73. The fourth-order valence-electron chi connectivity index (χ4n) is 1.06. The number of nitrogens with one attached hydrogen (secondary N) is 1. The second kappa shape index (κ2) is 10.2. The summed E-state index contributed by atoms with van der Waals surface area (Å²) in [6, 6.07) is 9.95. The maximum absolute atomic E-state index is 10.5. The Kier molecular flexibility index (Phi) is 9.32. The lowest BCUT2D eigenvalue weighted by molar-refractivity contribution is -0.119.